The topological polar surface area (TPSA) is 145 Å². The van der Waals surface area contributed by atoms with Gasteiger partial charge in [0.1, 0.15) is 12.1 Å². The third-order valence-corrected chi connectivity index (χ3v) is 13.9. The number of aliphatic hydroxyl groups is 1. The van der Waals surface area contributed by atoms with Crippen molar-refractivity contribution in [2.75, 3.05) is 16.9 Å². The molecule has 1 saturated heterocycles. The van der Waals surface area contributed by atoms with Gasteiger partial charge in [-0.25, -0.2) is 8.42 Å². The summed E-state index contributed by atoms with van der Waals surface area (Å²) in [5.74, 6) is -2.23. The Morgan fingerprint density at radius 2 is 1.47 bits per heavy atom. The number of nitrogens with one attached hydrogen (secondary N) is 3. The predicted molar refractivity (Wildman–Crippen MR) is 232 cm³/mol. The second-order valence-corrected chi connectivity index (χ2v) is 19.4. The van der Waals surface area contributed by atoms with Crippen molar-refractivity contribution in [2.45, 2.75) is 88.4 Å². The van der Waals surface area contributed by atoms with Crippen LogP contribution in [-0.2, 0) is 37.2 Å². The SMILES string of the molecule is Cc1cc(C)c(NC(CS(=O)(=O)c2ccc3ccccc3c2)C(=O)N[C@@H](Cc2ccccc2)[C@H](O)C(=O)N2CSC(C)(C)[C@H]2C(=O)NCc2ccccc2C)c(C)c1. The van der Waals surface area contributed by atoms with Gasteiger partial charge in [-0.1, -0.05) is 103 Å². The molecule has 4 atom stereocenters. The molecule has 0 bridgehead atoms. The molecule has 0 spiro atoms. The van der Waals surface area contributed by atoms with E-state index in [0.29, 0.717) is 5.69 Å². The predicted octanol–water partition coefficient (Wildman–Crippen LogP) is 6.41. The summed E-state index contributed by atoms with van der Waals surface area (Å²) < 4.78 is 27.6. The van der Waals surface area contributed by atoms with Crippen LogP contribution in [0, 0.1) is 27.7 Å². The highest BCUT2D eigenvalue weighted by Crippen LogP contribution is 2.40. The van der Waals surface area contributed by atoms with Gasteiger partial charge >= 0.3 is 0 Å². The molecule has 0 aromatic heterocycles. The standard InChI is InChI=1S/C46H52N4O6S2/c1-29-22-31(3)40(32(4)23-29)48-39(27-58(55,56)37-21-20-34-17-12-13-18-35(34)25-37)43(52)49-38(24-33-15-8-7-9-16-33)41(51)45(54)50-28-57-46(5,6)42(50)44(53)47-26-36-19-11-10-14-30(36)2/h7-23,25,38-39,41-42,48,51H,24,26-28H2,1-6H3,(H,47,53)(H,49,52)/t38-,39?,41-,42+/m0/s1. The molecule has 1 fully saturated rings. The zero-order valence-corrected chi connectivity index (χ0v) is 35.4. The van der Waals surface area contributed by atoms with Crippen LogP contribution in [0.4, 0.5) is 5.69 Å². The van der Waals surface area contributed by atoms with Crippen LogP contribution in [0.3, 0.4) is 0 Å². The molecule has 1 heterocycles. The lowest BCUT2D eigenvalue weighted by Gasteiger charge is -2.34. The van der Waals surface area contributed by atoms with E-state index >= 15 is 0 Å². The van der Waals surface area contributed by atoms with E-state index in [-0.39, 0.29) is 29.6 Å². The van der Waals surface area contributed by atoms with E-state index in [1.807, 2.05) is 133 Å². The van der Waals surface area contributed by atoms with Crippen LogP contribution in [0.1, 0.15) is 47.2 Å². The van der Waals surface area contributed by atoms with E-state index < -0.39 is 56.4 Å². The Morgan fingerprint density at radius 3 is 2.16 bits per heavy atom. The van der Waals surface area contributed by atoms with Gasteiger partial charge in [-0.15, -0.1) is 11.8 Å². The molecule has 58 heavy (non-hydrogen) atoms. The van der Waals surface area contributed by atoms with Crippen LogP contribution >= 0.6 is 11.8 Å². The van der Waals surface area contributed by atoms with Gasteiger partial charge < -0.3 is 26.0 Å². The van der Waals surface area contributed by atoms with Gasteiger partial charge in [-0.05, 0) is 98.7 Å². The minimum absolute atomic E-state index is 0.0563. The summed E-state index contributed by atoms with van der Waals surface area (Å²) in [5.41, 5.74) is 6.00. The fourth-order valence-electron chi connectivity index (χ4n) is 7.68. The third kappa shape index (κ3) is 9.74. The highest BCUT2D eigenvalue weighted by atomic mass is 32.2. The molecule has 0 saturated carbocycles. The molecule has 1 aliphatic rings. The number of anilines is 1. The maximum Gasteiger partial charge on any atom is 0.254 e. The first-order valence-electron chi connectivity index (χ1n) is 19.4. The van der Waals surface area contributed by atoms with Crippen LogP contribution in [-0.4, -0.2) is 76.8 Å². The monoisotopic (exact) mass is 820 g/mol. The van der Waals surface area contributed by atoms with Crippen LogP contribution in [0.5, 0.6) is 0 Å². The van der Waals surface area contributed by atoms with Gasteiger partial charge in [-0.2, -0.15) is 0 Å². The number of hydrogen-bond acceptors (Lipinski definition) is 8. The molecule has 10 nitrogen and oxygen atoms in total. The summed E-state index contributed by atoms with van der Waals surface area (Å²) in [5, 5.41) is 22.7. The van der Waals surface area contributed by atoms with Crippen molar-refractivity contribution in [1.82, 2.24) is 15.5 Å². The molecule has 3 amide bonds. The van der Waals surface area contributed by atoms with Crippen molar-refractivity contribution < 1.29 is 27.9 Å². The summed E-state index contributed by atoms with van der Waals surface area (Å²) in [6, 6.07) is 29.7. The fraction of sp³-hybridized carbons (Fsp3) is 0.326. The van der Waals surface area contributed by atoms with Gasteiger partial charge in [0.2, 0.25) is 11.8 Å². The maximum absolute atomic E-state index is 14.6. The number of nitrogens with zero attached hydrogens (tertiary/aromatic N) is 1. The Labute approximate surface area is 345 Å². The minimum atomic E-state index is -4.06. The van der Waals surface area contributed by atoms with Crippen LogP contribution in [0.2, 0.25) is 0 Å². The number of hydrogen-bond donors (Lipinski definition) is 4. The van der Waals surface area contributed by atoms with Crippen molar-refractivity contribution in [3.63, 3.8) is 0 Å². The summed E-state index contributed by atoms with van der Waals surface area (Å²) in [6.07, 6.45) is -1.72. The third-order valence-electron chi connectivity index (χ3n) is 10.8. The molecular weight excluding hydrogens is 769 g/mol. The lowest BCUT2D eigenvalue weighted by Crippen LogP contribution is -2.59. The first kappa shape index (κ1) is 42.4. The summed E-state index contributed by atoms with van der Waals surface area (Å²) in [4.78, 5) is 44.3. The van der Waals surface area contributed by atoms with Gasteiger partial charge in [0.15, 0.2) is 15.9 Å². The Hall–Kier alpha value is -5.17. The zero-order valence-electron chi connectivity index (χ0n) is 33.8. The molecule has 5 aromatic rings. The first-order valence-corrected chi connectivity index (χ1v) is 22.0. The van der Waals surface area contributed by atoms with Crippen molar-refractivity contribution in [1.29, 1.82) is 0 Å². The molecule has 0 radical (unpaired) electrons. The molecule has 12 heteroatoms. The number of thioether (sulfide) groups is 1. The minimum Gasteiger partial charge on any atom is -0.381 e. The van der Waals surface area contributed by atoms with Crippen molar-refractivity contribution in [3.05, 3.63) is 143 Å². The van der Waals surface area contributed by atoms with Gasteiger partial charge in [0.25, 0.3) is 5.91 Å². The van der Waals surface area contributed by atoms with Crippen molar-refractivity contribution >= 4 is 55.8 Å². The second-order valence-electron chi connectivity index (χ2n) is 15.7. The Morgan fingerprint density at radius 1 is 0.828 bits per heavy atom. The van der Waals surface area contributed by atoms with Gasteiger partial charge in [0, 0.05) is 17.0 Å². The number of aliphatic hydroxyl groups excluding tert-OH is 1. The molecule has 0 aliphatic carbocycles. The normalized spacial score (nSPS) is 16.7. The van der Waals surface area contributed by atoms with E-state index in [4.69, 9.17) is 0 Å². The average molecular weight is 821 g/mol. The average Bonchev–Trinajstić information content (AvgIpc) is 3.52. The summed E-state index contributed by atoms with van der Waals surface area (Å²) >= 11 is 1.43. The van der Waals surface area contributed by atoms with E-state index in [1.165, 1.54) is 16.7 Å². The highest BCUT2D eigenvalue weighted by Gasteiger charge is 2.50. The first-order chi connectivity index (χ1) is 27.5. The smallest absolute Gasteiger partial charge is 0.254 e. The molecule has 1 aliphatic heterocycles. The number of carbonyl (C=O) groups is 3. The number of fused-ring (bicyclic) bond motifs is 1. The van der Waals surface area contributed by atoms with Gasteiger partial charge in [-0.3, -0.25) is 14.4 Å². The van der Waals surface area contributed by atoms with E-state index in [2.05, 4.69) is 16.0 Å². The number of amides is 3. The fourth-order valence-corrected chi connectivity index (χ4v) is 10.3. The Balaban J connectivity index is 1.30. The van der Waals surface area contributed by atoms with Crippen LogP contribution < -0.4 is 16.0 Å². The zero-order chi connectivity index (χ0) is 41.8. The highest BCUT2D eigenvalue weighted by molar-refractivity contribution is 8.00. The Bertz CT molecular complexity index is 2400. The van der Waals surface area contributed by atoms with Crippen molar-refractivity contribution in [2.24, 2.45) is 0 Å². The number of rotatable bonds is 14. The number of sulfone groups is 1. The lowest BCUT2D eigenvalue weighted by molar-refractivity contribution is -0.147. The second kappa shape index (κ2) is 17.8. The molecule has 5 aromatic carbocycles. The molecule has 1 unspecified atom stereocenters. The van der Waals surface area contributed by atoms with E-state index in [0.717, 1.165) is 44.2 Å². The Kier molecular flexibility index (Phi) is 13.0. The molecule has 4 N–H and O–H groups in total. The number of aryl methyl sites for hydroxylation is 4. The molecule has 304 valence electrons. The largest absolute Gasteiger partial charge is 0.381 e. The van der Waals surface area contributed by atoms with Crippen molar-refractivity contribution in [3.8, 4) is 0 Å². The number of benzene rings is 5. The van der Waals surface area contributed by atoms with Crippen LogP contribution in [0.25, 0.3) is 10.8 Å². The van der Waals surface area contributed by atoms with E-state index in [1.54, 1.807) is 18.2 Å². The molecular formula is C46H52N4O6S2. The molecule has 6 rings (SSSR count). The van der Waals surface area contributed by atoms with Crippen LogP contribution in [0.15, 0.2) is 114 Å². The summed E-state index contributed by atoms with van der Waals surface area (Å²) in [6.45, 7) is 11.8. The quantitative estimate of drug-likeness (QED) is 0.101. The summed E-state index contributed by atoms with van der Waals surface area (Å²) in [7, 11) is -4.06. The van der Waals surface area contributed by atoms with Gasteiger partial charge in [0.05, 0.1) is 22.6 Å². The maximum atomic E-state index is 14.6. The lowest BCUT2D eigenvalue weighted by atomic mass is 9.96. The van der Waals surface area contributed by atoms with E-state index in [9.17, 15) is 27.9 Å². The number of carbonyl (C=O) groups excluding carboxylic acids is 3.